The van der Waals surface area contributed by atoms with Crippen molar-refractivity contribution in [3.8, 4) is 11.4 Å². The lowest BCUT2D eigenvalue weighted by Crippen LogP contribution is -2.22. The first kappa shape index (κ1) is 12.4. The number of rotatable bonds is 3. The summed E-state index contributed by atoms with van der Waals surface area (Å²) in [5.74, 6) is 0.696. The summed E-state index contributed by atoms with van der Waals surface area (Å²) >= 11 is 0. The van der Waals surface area contributed by atoms with Gasteiger partial charge in [-0.15, -0.1) is 0 Å². The largest absolute Gasteiger partial charge is 0.288 e. The summed E-state index contributed by atoms with van der Waals surface area (Å²) in [4.78, 5) is 16.5. The normalized spacial score (nSPS) is 10.4. The molecule has 0 saturated heterocycles. The Bertz CT molecular complexity index is 749. The summed E-state index contributed by atoms with van der Waals surface area (Å²) < 4.78 is 1.70. The molecule has 3 rings (SSSR count). The molecule has 98 valence electrons. The first-order chi connectivity index (χ1) is 9.84. The summed E-state index contributed by atoms with van der Waals surface area (Å²) in [6, 6.07) is 21.2. The molecule has 0 saturated carbocycles. The molecule has 0 radical (unpaired) electrons. The molecule has 0 unspecified atom stereocenters. The van der Waals surface area contributed by atoms with Crippen LogP contribution in [0.15, 0.2) is 77.7 Å². The van der Waals surface area contributed by atoms with E-state index in [-0.39, 0.29) is 5.56 Å². The minimum atomic E-state index is -0.0392. The highest BCUT2D eigenvalue weighted by molar-refractivity contribution is 5.54. The lowest BCUT2D eigenvalue weighted by atomic mass is 10.2. The lowest BCUT2D eigenvalue weighted by molar-refractivity contribution is 0.747. The van der Waals surface area contributed by atoms with Gasteiger partial charge in [-0.3, -0.25) is 9.36 Å². The van der Waals surface area contributed by atoms with E-state index in [1.54, 1.807) is 10.8 Å². The Kier molecular flexibility index (Phi) is 3.42. The number of aromatic nitrogens is 2. The van der Waals surface area contributed by atoms with Gasteiger partial charge in [0.2, 0.25) is 0 Å². The van der Waals surface area contributed by atoms with Crippen LogP contribution in [0.2, 0.25) is 0 Å². The highest BCUT2D eigenvalue weighted by Gasteiger charge is 2.07. The zero-order chi connectivity index (χ0) is 13.8. The van der Waals surface area contributed by atoms with Crippen LogP contribution in [0.1, 0.15) is 5.56 Å². The van der Waals surface area contributed by atoms with E-state index in [4.69, 9.17) is 0 Å². The highest BCUT2D eigenvalue weighted by atomic mass is 16.1. The average molecular weight is 262 g/mol. The molecule has 2 aromatic carbocycles. The van der Waals surface area contributed by atoms with Crippen LogP contribution < -0.4 is 5.56 Å². The first-order valence-corrected chi connectivity index (χ1v) is 6.50. The zero-order valence-electron chi connectivity index (χ0n) is 10.9. The van der Waals surface area contributed by atoms with E-state index in [1.807, 2.05) is 60.7 Å². The van der Waals surface area contributed by atoms with Gasteiger partial charge in [-0.25, -0.2) is 4.98 Å². The second kappa shape index (κ2) is 5.53. The topological polar surface area (TPSA) is 34.9 Å². The quantitative estimate of drug-likeness (QED) is 0.727. The molecule has 0 spiro atoms. The van der Waals surface area contributed by atoms with Gasteiger partial charge in [-0.1, -0.05) is 60.7 Å². The van der Waals surface area contributed by atoms with Gasteiger partial charge in [0.1, 0.15) is 5.82 Å². The van der Waals surface area contributed by atoms with Crippen LogP contribution in [0.3, 0.4) is 0 Å². The summed E-state index contributed by atoms with van der Waals surface area (Å²) in [5, 5.41) is 0. The molecule has 0 atom stereocenters. The van der Waals surface area contributed by atoms with E-state index in [0.29, 0.717) is 12.4 Å². The summed E-state index contributed by atoms with van der Waals surface area (Å²) in [6.45, 7) is 0.526. The molecule has 3 aromatic rings. The van der Waals surface area contributed by atoms with E-state index in [9.17, 15) is 4.79 Å². The fourth-order valence-corrected chi connectivity index (χ4v) is 2.17. The SMILES string of the molecule is O=c1ccnc(-c2ccccc2)n1Cc1ccccc1. The third-order valence-corrected chi connectivity index (χ3v) is 3.15. The molecular formula is C17H14N2O. The van der Waals surface area contributed by atoms with E-state index < -0.39 is 0 Å². The Labute approximate surface area is 117 Å². The Morgan fingerprint density at radius 2 is 1.50 bits per heavy atom. The summed E-state index contributed by atoms with van der Waals surface area (Å²) in [6.07, 6.45) is 1.56. The second-order valence-electron chi connectivity index (χ2n) is 4.54. The highest BCUT2D eigenvalue weighted by Crippen LogP contribution is 2.15. The Balaban J connectivity index is 2.09. The van der Waals surface area contributed by atoms with E-state index in [1.165, 1.54) is 6.07 Å². The minimum absolute atomic E-state index is 0.0392. The van der Waals surface area contributed by atoms with Crippen molar-refractivity contribution >= 4 is 0 Å². The number of benzene rings is 2. The Morgan fingerprint density at radius 3 is 2.20 bits per heavy atom. The Hall–Kier alpha value is -2.68. The molecule has 0 amide bonds. The van der Waals surface area contributed by atoms with Gasteiger partial charge in [0.15, 0.2) is 0 Å². The van der Waals surface area contributed by atoms with Gasteiger partial charge in [-0.2, -0.15) is 0 Å². The van der Waals surface area contributed by atoms with Crippen molar-refractivity contribution < 1.29 is 0 Å². The fourth-order valence-electron chi connectivity index (χ4n) is 2.17. The lowest BCUT2D eigenvalue weighted by Gasteiger charge is -2.11. The maximum atomic E-state index is 12.1. The van der Waals surface area contributed by atoms with Crippen LogP contribution in [0, 0.1) is 0 Å². The van der Waals surface area contributed by atoms with Crippen LogP contribution in [-0.4, -0.2) is 9.55 Å². The van der Waals surface area contributed by atoms with Crippen molar-refractivity contribution in [1.82, 2.24) is 9.55 Å². The predicted molar refractivity (Wildman–Crippen MR) is 79.5 cm³/mol. The average Bonchev–Trinajstić information content (AvgIpc) is 2.51. The standard InChI is InChI=1S/C17H14N2O/c20-16-11-12-18-17(15-9-5-2-6-10-15)19(16)13-14-7-3-1-4-8-14/h1-12H,13H2. The Morgan fingerprint density at radius 1 is 0.850 bits per heavy atom. The molecule has 0 aliphatic heterocycles. The number of hydrogen-bond acceptors (Lipinski definition) is 2. The molecule has 0 bridgehead atoms. The molecule has 0 fully saturated rings. The summed E-state index contributed by atoms with van der Waals surface area (Å²) in [5.41, 5.74) is 1.99. The second-order valence-corrected chi connectivity index (χ2v) is 4.54. The smallest absolute Gasteiger partial charge is 0.254 e. The van der Waals surface area contributed by atoms with Crippen molar-refractivity contribution in [2.75, 3.05) is 0 Å². The third-order valence-electron chi connectivity index (χ3n) is 3.15. The molecule has 0 N–H and O–H groups in total. The molecule has 1 heterocycles. The third kappa shape index (κ3) is 2.52. The maximum absolute atomic E-state index is 12.1. The van der Waals surface area contributed by atoms with E-state index >= 15 is 0 Å². The van der Waals surface area contributed by atoms with Crippen molar-refractivity contribution in [1.29, 1.82) is 0 Å². The van der Waals surface area contributed by atoms with Gasteiger partial charge in [0.05, 0.1) is 6.54 Å². The van der Waals surface area contributed by atoms with Crippen molar-refractivity contribution in [2.24, 2.45) is 0 Å². The van der Waals surface area contributed by atoms with Crippen molar-refractivity contribution in [3.63, 3.8) is 0 Å². The number of hydrogen-bond donors (Lipinski definition) is 0. The van der Waals surface area contributed by atoms with Crippen molar-refractivity contribution in [3.05, 3.63) is 88.8 Å². The molecule has 0 aliphatic rings. The van der Waals surface area contributed by atoms with Crippen LogP contribution in [0.25, 0.3) is 11.4 Å². The molecule has 0 aliphatic carbocycles. The predicted octanol–water partition coefficient (Wildman–Crippen LogP) is 2.96. The first-order valence-electron chi connectivity index (χ1n) is 6.50. The van der Waals surface area contributed by atoms with Gasteiger partial charge >= 0.3 is 0 Å². The molecule has 1 aromatic heterocycles. The molecule has 3 heteroatoms. The monoisotopic (exact) mass is 262 g/mol. The molecule has 20 heavy (non-hydrogen) atoms. The summed E-state index contributed by atoms with van der Waals surface area (Å²) in [7, 11) is 0. The number of nitrogens with zero attached hydrogens (tertiary/aromatic N) is 2. The van der Waals surface area contributed by atoms with Gasteiger partial charge in [0, 0.05) is 17.8 Å². The van der Waals surface area contributed by atoms with Crippen LogP contribution in [0.5, 0.6) is 0 Å². The fraction of sp³-hybridized carbons (Fsp3) is 0.0588. The van der Waals surface area contributed by atoms with E-state index in [0.717, 1.165) is 11.1 Å². The van der Waals surface area contributed by atoms with Gasteiger partial charge < -0.3 is 0 Å². The van der Waals surface area contributed by atoms with Gasteiger partial charge in [0.25, 0.3) is 5.56 Å². The molecular weight excluding hydrogens is 248 g/mol. The van der Waals surface area contributed by atoms with Crippen LogP contribution in [0.4, 0.5) is 0 Å². The van der Waals surface area contributed by atoms with Gasteiger partial charge in [-0.05, 0) is 5.56 Å². The van der Waals surface area contributed by atoms with Crippen molar-refractivity contribution in [2.45, 2.75) is 6.54 Å². The van der Waals surface area contributed by atoms with Crippen LogP contribution >= 0.6 is 0 Å². The van der Waals surface area contributed by atoms with E-state index in [2.05, 4.69) is 4.98 Å². The minimum Gasteiger partial charge on any atom is -0.288 e. The maximum Gasteiger partial charge on any atom is 0.254 e. The van der Waals surface area contributed by atoms with Crippen LogP contribution in [-0.2, 0) is 6.54 Å². The zero-order valence-corrected chi connectivity index (χ0v) is 10.9. The molecule has 3 nitrogen and oxygen atoms in total.